The Labute approximate surface area is 119 Å². The molecule has 0 atom stereocenters. The molecule has 1 rings (SSSR count). The molecule has 0 aliphatic carbocycles. The number of ether oxygens (including phenoxy) is 1. The average Bonchev–Trinajstić information content (AvgIpc) is 2.45. The Hall–Kier alpha value is -1.95. The molecule has 0 aliphatic rings. The summed E-state index contributed by atoms with van der Waals surface area (Å²) in [6.07, 6.45) is 3.59. The van der Waals surface area contributed by atoms with Crippen molar-refractivity contribution in [3.63, 3.8) is 0 Å². The quantitative estimate of drug-likeness (QED) is 0.705. The SMILES string of the molecule is CCOC(=O)CCN(Cc1cccnc1)C(=O)CNC. The number of nitrogens with zero attached hydrogens (tertiary/aromatic N) is 2. The van der Waals surface area contributed by atoms with Crippen LogP contribution in [-0.2, 0) is 20.9 Å². The molecule has 1 heterocycles. The smallest absolute Gasteiger partial charge is 0.307 e. The zero-order chi connectivity index (χ0) is 14.8. The number of hydrogen-bond donors (Lipinski definition) is 1. The topological polar surface area (TPSA) is 71.5 Å². The lowest BCUT2D eigenvalue weighted by Crippen LogP contribution is -2.38. The zero-order valence-electron chi connectivity index (χ0n) is 12.0. The van der Waals surface area contributed by atoms with Crippen molar-refractivity contribution in [1.82, 2.24) is 15.2 Å². The molecule has 110 valence electrons. The van der Waals surface area contributed by atoms with Crippen molar-refractivity contribution in [2.24, 2.45) is 0 Å². The van der Waals surface area contributed by atoms with Crippen molar-refractivity contribution in [2.75, 3.05) is 26.7 Å². The van der Waals surface area contributed by atoms with E-state index >= 15 is 0 Å². The molecule has 1 N–H and O–H groups in total. The first-order chi connectivity index (χ1) is 9.67. The van der Waals surface area contributed by atoms with E-state index in [1.807, 2.05) is 12.1 Å². The van der Waals surface area contributed by atoms with Crippen LogP contribution >= 0.6 is 0 Å². The fourth-order valence-electron chi connectivity index (χ4n) is 1.73. The lowest BCUT2D eigenvalue weighted by Gasteiger charge is -2.22. The van der Waals surface area contributed by atoms with E-state index in [9.17, 15) is 9.59 Å². The van der Waals surface area contributed by atoms with Gasteiger partial charge in [0, 0.05) is 25.5 Å². The monoisotopic (exact) mass is 279 g/mol. The van der Waals surface area contributed by atoms with Crippen LogP contribution in [0.2, 0.25) is 0 Å². The summed E-state index contributed by atoms with van der Waals surface area (Å²) in [4.78, 5) is 29.1. The van der Waals surface area contributed by atoms with Crippen molar-refractivity contribution in [2.45, 2.75) is 19.9 Å². The van der Waals surface area contributed by atoms with Crippen molar-refractivity contribution in [1.29, 1.82) is 0 Å². The second kappa shape index (κ2) is 9.03. The van der Waals surface area contributed by atoms with Gasteiger partial charge in [-0.25, -0.2) is 0 Å². The Morgan fingerprint density at radius 1 is 1.45 bits per heavy atom. The molecular formula is C14H21N3O3. The van der Waals surface area contributed by atoms with E-state index in [0.29, 0.717) is 19.7 Å². The number of hydrogen-bond acceptors (Lipinski definition) is 5. The molecule has 6 nitrogen and oxygen atoms in total. The maximum atomic E-state index is 12.0. The van der Waals surface area contributed by atoms with Crippen molar-refractivity contribution in [3.8, 4) is 0 Å². The third-order valence-corrected chi connectivity index (χ3v) is 2.67. The lowest BCUT2D eigenvalue weighted by atomic mass is 10.2. The van der Waals surface area contributed by atoms with E-state index in [1.165, 1.54) is 0 Å². The number of pyridine rings is 1. The van der Waals surface area contributed by atoms with Crippen LogP contribution in [0.4, 0.5) is 0 Å². The van der Waals surface area contributed by atoms with Gasteiger partial charge in [-0.1, -0.05) is 6.07 Å². The molecule has 1 aromatic heterocycles. The molecule has 0 aliphatic heterocycles. The highest BCUT2D eigenvalue weighted by molar-refractivity contribution is 5.79. The van der Waals surface area contributed by atoms with Gasteiger partial charge in [0.1, 0.15) is 0 Å². The first-order valence-electron chi connectivity index (χ1n) is 6.64. The predicted molar refractivity (Wildman–Crippen MR) is 74.8 cm³/mol. The second-order valence-corrected chi connectivity index (χ2v) is 4.26. The summed E-state index contributed by atoms with van der Waals surface area (Å²) in [6.45, 7) is 3.13. The van der Waals surface area contributed by atoms with Gasteiger partial charge in [0.25, 0.3) is 0 Å². The number of nitrogens with one attached hydrogen (secondary N) is 1. The summed E-state index contributed by atoms with van der Waals surface area (Å²) in [5.74, 6) is -0.346. The molecule has 0 bridgehead atoms. The van der Waals surface area contributed by atoms with E-state index in [4.69, 9.17) is 4.74 Å². The van der Waals surface area contributed by atoms with E-state index in [1.54, 1.807) is 31.3 Å². The molecule has 0 unspecified atom stereocenters. The lowest BCUT2D eigenvalue weighted by molar-refractivity contribution is -0.144. The molecule has 0 fully saturated rings. The van der Waals surface area contributed by atoms with Gasteiger partial charge >= 0.3 is 5.97 Å². The molecule has 0 radical (unpaired) electrons. The first-order valence-corrected chi connectivity index (χ1v) is 6.64. The van der Waals surface area contributed by atoms with Crippen LogP contribution in [0.15, 0.2) is 24.5 Å². The molecule has 0 saturated heterocycles. The van der Waals surface area contributed by atoms with Crippen molar-refractivity contribution < 1.29 is 14.3 Å². The van der Waals surface area contributed by atoms with Crippen molar-refractivity contribution in [3.05, 3.63) is 30.1 Å². The maximum absolute atomic E-state index is 12.0. The number of rotatable bonds is 8. The zero-order valence-corrected chi connectivity index (χ0v) is 12.0. The van der Waals surface area contributed by atoms with E-state index in [2.05, 4.69) is 10.3 Å². The van der Waals surface area contributed by atoms with Crippen LogP contribution in [0.5, 0.6) is 0 Å². The molecule has 1 amide bonds. The molecule has 6 heteroatoms. The van der Waals surface area contributed by atoms with E-state index in [0.717, 1.165) is 5.56 Å². The van der Waals surface area contributed by atoms with Gasteiger partial charge in [0.15, 0.2) is 0 Å². The molecule has 1 aromatic rings. The second-order valence-electron chi connectivity index (χ2n) is 4.26. The fraction of sp³-hybridized carbons (Fsp3) is 0.500. The Balaban J connectivity index is 2.60. The third-order valence-electron chi connectivity index (χ3n) is 2.67. The van der Waals surface area contributed by atoms with Gasteiger partial charge in [0.2, 0.25) is 5.91 Å². The Morgan fingerprint density at radius 3 is 2.85 bits per heavy atom. The van der Waals surface area contributed by atoms with Gasteiger partial charge in [-0.2, -0.15) is 0 Å². The first kappa shape index (κ1) is 16.1. The summed E-state index contributed by atoms with van der Waals surface area (Å²) in [5.41, 5.74) is 0.931. The molecule has 0 spiro atoms. The predicted octanol–water partition coefficient (Wildman–Crippen LogP) is 0.583. The van der Waals surface area contributed by atoms with Crippen LogP contribution in [0.25, 0.3) is 0 Å². The number of esters is 1. The minimum Gasteiger partial charge on any atom is -0.466 e. The number of amides is 1. The van der Waals surface area contributed by atoms with Gasteiger partial charge in [-0.3, -0.25) is 14.6 Å². The van der Waals surface area contributed by atoms with Crippen LogP contribution in [-0.4, -0.2) is 48.5 Å². The molecule has 0 saturated carbocycles. The van der Waals surface area contributed by atoms with E-state index < -0.39 is 0 Å². The summed E-state index contributed by atoms with van der Waals surface area (Å²) in [5, 5.41) is 2.82. The minimum atomic E-state index is -0.291. The molecular weight excluding hydrogens is 258 g/mol. The Morgan fingerprint density at radius 2 is 2.25 bits per heavy atom. The Bertz CT molecular complexity index is 423. The van der Waals surface area contributed by atoms with Crippen LogP contribution < -0.4 is 5.32 Å². The minimum absolute atomic E-state index is 0.0550. The summed E-state index contributed by atoms with van der Waals surface area (Å²) in [7, 11) is 1.71. The largest absolute Gasteiger partial charge is 0.466 e. The van der Waals surface area contributed by atoms with Gasteiger partial charge in [0.05, 0.1) is 19.6 Å². The highest BCUT2D eigenvalue weighted by Gasteiger charge is 2.15. The number of carbonyl (C=O) groups excluding carboxylic acids is 2. The summed E-state index contributed by atoms with van der Waals surface area (Å²) in [6, 6.07) is 3.72. The van der Waals surface area contributed by atoms with Crippen molar-refractivity contribution >= 4 is 11.9 Å². The average molecular weight is 279 g/mol. The van der Waals surface area contributed by atoms with Gasteiger partial charge in [-0.05, 0) is 25.6 Å². The normalized spacial score (nSPS) is 10.1. The maximum Gasteiger partial charge on any atom is 0.307 e. The van der Waals surface area contributed by atoms with Crippen LogP contribution in [0.1, 0.15) is 18.9 Å². The number of carbonyl (C=O) groups is 2. The van der Waals surface area contributed by atoms with Gasteiger partial charge in [-0.15, -0.1) is 0 Å². The molecule has 0 aromatic carbocycles. The van der Waals surface area contributed by atoms with Gasteiger partial charge < -0.3 is 15.0 Å². The number of likely N-dealkylation sites (N-methyl/N-ethyl adjacent to an activating group) is 1. The highest BCUT2D eigenvalue weighted by Crippen LogP contribution is 2.04. The summed E-state index contributed by atoms with van der Waals surface area (Å²) < 4.78 is 4.88. The Kier molecular flexibility index (Phi) is 7.27. The van der Waals surface area contributed by atoms with Crippen LogP contribution in [0.3, 0.4) is 0 Å². The molecule has 20 heavy (non-hydrogen) atoms. The highest BCUT2D eigenvalue weighted by atomic mass is 16.5. The standard InChI is InChI=1S/C14H21N3O3/c1-3-20-14(19)6-8-17(13(18)10-15-2)11-12-5-4-7-16-9-12/h4-5,7,9,15H,3,6,8,10-11H2,1-2H3. The van der Waals surface area contributed by atoms with E-state index in [-0.39, 0.29) is 24.8 Å². The third kappa shape index (κ3) is 5.79. The number of aromatic nitrogens is 1. The fourth-order valence-corrected chi connectivity index (χ4v) is 1.73. The summed E-state index contributed by atoms with van der Waals surface area (Å²) >= 11 is 0. The van der Waals surface area contributed by atoms with Crippen LogP contribution in [0, 0.1) is 0 Å².